The van der Waals surface area contributed by atoms with Gasteiger partial charge in [0.05, 0.1) is 16.1 Å². The number of aliphatic hydroxyl groups excluding tert-OH is 1. The molecule has 0 saturated carbocycles. The Morgan fingerprint density at radius 1 is 1.05 bits per heavy atom. The van der Waals surface area contributed by atoms with E-state index in [0.717, 1.165) is 20.1 Å². The normalized spacial score (nSPS) is 12.5. The van der Waals surface area contributed by atoms with E-state index in [1.807, 2.05) is 30.3 Å². The van der Waals surface area contributed by atoms with Crippen molar-refractivity contribution in [3.05, 3.63) is 66.5 Å². The fourth-order valence-electron chi connectivity index (χ4n) is 1.75. The summed E-state index contributed by atoms with van der Waals surface area (Å²) in [7, 11) is 0. The first-order valence-corrected chi connectivity index (χ1v) is 7.89. The van der Waals surface area contributed by atoms with E-state index >= 15 is 0 Å². The molecule has 1 N–H and O–H groups in total. The smallest absolute Gasteiger partial charge is 0.0831 e. The molecule has 1 atom stereocenters. The molecule has 0 radical (unpaired) electrons. The van der Waals surface area contributed by atoms with Gasteiger partial charge in [-0.15, -0.1) is 0 Å². The Morgan fingerprint density at radius 3 is 2.47 bits per heavy atom. The quantitative estimate of drug-likeness (QED) is 0.660. The third-order valence-electron chi connectivity index (χ3n) is 2.77. The second-order valence-corrected chi connectivity index (χ2v) is 6.60. The summed E-state index contributed by atoms with van der Waals surface area (Å²) in [6, 6.07) is 11.1. The highest BCUT2D eigenvalue weighted by atomic mass is 79.9. The first-order valence-electron chi connectivity index (χ1n) is 5.55. The van der Waals surface area contributed by atoms with Crippen molar-refractivity contribution in [2.24, 2.45) is 0 Å². The van der Waals surface area contributed by atoms with Crippen LogP contribution in [0.25, 0.3) is 0 Å². The maximum Gasteiger partial charge on any atom is 0.0831 e. The average molecular weight is 425 g/mol. The third kappa shape index (κ3) is 3.73. The molecule has 2 aromatic carbocycles. The molecule has 0 aliphatic rings. The van der Waals surface area contributed by atoms with Crippen LogP contribution in [0.2, 0.25) is 10.0 Å². The fraction of sp³-hybridized carbons (Fsp3) is 0.143. The SMILES string of the molecule is OC(Cc1cccc(Cl)c1Cl)c1ccc(Br)c(Br)c1. The molecule has 0 fully saturated rings. The molecule has 0 aliphatic heterocycles. The number of halogens is 4. The van der Waals surface area contributed by atoms with E-state index in [1.54, 1.807) is 6.07 Å². The van der Waals surface area contributed by atoms with Crippen LogP contribution in [0.5, 0.6) is 0 Å². The lowest BCUT2D eigenvalue weighted by atomic mass is 10.0. The van der Waals surface area contributed by atoms with Crippen LogP contribution in [0.15, 0.2) is 45.3 Å². The van der Waals surface area contributed by atoms with E-state index in [2.05, 4.69) is 31.9 Å². The summed E-state index contributed by atoms with van der Waals surface area (Å²) in [5, 5.41) is 11.3. The summed E-state index contributed by atoms with van der Waals surface area (Å²) in [6.07, 6.45) is -0.201. The van der Waals surface area contributed by atoms with Gasteiger partial charge in [-0.1, -0.05) is 41.4 Å². The number of rotatable bonds is 3. The van der Waals surface area contributed by atoms with Gasteiger partial charge in [0.2, 0.25) is 0 Å². The van der Waals surface area contributed by atoms with Crippen molar-refractivity contribution in [3.63, 3.8) is 0 Å². The molecular weight excluding hydrogens is 415 g/mol. The Balaban J connectivity index is 2.23. The summed E-state index contributed by atoms with van der Waals surface area (Å²) >= 11 is 18.9. The number of aliphatic hydroxyl groups is 1. The zero-order chi connectivity index (χ0) is 14.0. The van der Waals surface area contributed by atoms with Crippen LogP contribution in [0, 0.1) is 0 Å². The highest BCUT2D eigenvalue weighted by Gasteiger charge is 2.13. The zero-order valence-corrected chi connectivity index (χ0v) is 14.4. The summed E-state index contributed by atoms with van der Waals surface area (Å²) in [5.74, 6) is 0. The minimum atomic E-state index is -0.625. The van der Waals surface area contributed by atoms with Gasteiger partial charge in [-0.2, -0.15) is 0 Å². The summed E-state index contributed by atoms with van der Waals surface area (Å²) in [6.45, 7) is 0. The minimum Gasteiger partial charge on any atom is -0.388 e. The molecule has 0 heterocycles. The minimum absolute atomic E-state index is 0.424. The average Bonchev–Trinajstić information content (AvgIpc) is 2.38. The number of benzene rings is 2. The van der Waals surface area contributed by atoms with Gasteiger partial charge in [-0.25, -0.2) is 0 Å². The monoisotopic (exact) mass is 422 g/mol. The maximum atomic E-state index is 10.3. The second kappa shape index (κ2) is 6.59. The van der Waals surface area contributed by atoms with Gasteiger partial charge >= 0.3 is 0 Å². The molecule has 2 rings (SSSR count). The van der Waals surface area contributed by atoms with Crippen molar-refractivity contribution in [2.75, 3.05) is 0 Å². The first-order chi connectivity index (χ1) is 8.99. The molecule has 0 saturated heterocycles. The Morgan fingerprint density at radius 2 is 1.79 bits per heavy atom. The summed E-state index contributed by atoms with van der Waals surface area (Å²) < 4.78 is 1.85. The topological polar surface area (TPSA) is 20.2 Å². The molecule has 1 nitrogen and oxygen atoms in total. The lowest BCUT2D eigenvalue weighted by Gasteiger charge is -2.13. The lowest BCUT2D eigenvalue weighted by Crippen LogP contribution is -2.02. The maximum absolute atomic E-state index is 10.3. The van der Waals surface area contributed by atoms with Gasteiger partial charge in [0.1, 0.15) is 0 Å². The summed E-state index contributed by atoms with van der Waals surface area (Å²) in [4.78, 5) is 0. The largest absolute Gasteiger partial charge is 0.388 e. The van der Waals surface area contributed by atoms with E-state index in [0.29, 0.717) is 16.5 Å². The molecule has 0 spiro atoms. The van der Waals surface area contributed by atoms with Crippen LogP contribution in [0.1, 0.15) is 17.2 Å². The molecule has 0 amide bonds. The molecule has 2 aromatic rings. The highest BCUT2D eigenvalue weighted by Crippen LogP contribution is 2.31. The Bertz CT molecular complexity index is 602. The first kappa shape index (κ1) is 15.3. The Hall–Kier alpha value is -0.0600. The molecule has 1 unspecified atom stereocenters. The summed E-state index contributed by atoms with van der Waals surface area (Å²) in [5.41, 5.74) is 1.66. The van der Waals surface area contributed by atoms with Crippen LogP contribution in [0.4, 0.5) is 0 Å². The number of hydrogen-bond acceptors (Lipinski definition) is 1. The third-order valence-corrected chi connectivity index (χ3v) is 5.51. The predicted octanol–water partition coefficient (Wildman–Crippen LogP) is 5.79. The Kier molecular flexibility index (Phi) is 5.32. The Labute approximate surface area is 138 Å². The van der Waals surface area contributed by atoms with Gasteiger partial charge < -0.3 is 5.11 Å². The molecular formula is C14H10Br2Cl2O. The van der Waals surface area contributed by atoms with Gasteiger partial charge in [-0.05, 0) is 61.2 Å². The molecule has 5 heteroatoms. The molecule has 0 aromatic heterocycles. The van der Waals surface area contributed by atoms with Crippen molar-refractivity contribution in [2.45, 2.75) is 12.5 Å². The van der Waals surface area contributed by atoms with Crippen LogP contribution in [-0.2, 0) is 6.42 Å². The fourth-order valence-corrected chi connectivity index (χ4v) is 2.79. The highest BCUT2D eigenvalue weighted by molar-refractivity contribution is 9.13. The van der Waals surface area contributed by atoms with Crippen LogP contribution in [-0.4, -0.2) is 5.11 Å². The van der Waals surface area contributed by atoms with Gasteiger partial charge in [0.25, 0.3) is 0 Å². The predicted molar refractivity (Wildman–Crippen MR) is 87.0 cm³/mol. The standard InChI is InChI=1S/C14H10Br2Cl2O/c15-10-5-4-8(6-11(10)16)13(19)7-9-2-1-3-12(17)14(9)18/h1-6,13,19H,7H2. The molecule has 0 aliphatic carbocycles. The second-order valence-electron chi connectivity index (χ2n) is 4.11. The van der Waals surface area contributed by atoms with Gasteiger partial charge in [0.15, 0.2) is 0 Å². The zero-order valence-electron chi connectivity index (χ0n) is 9.71. The molecule has 0 bridgehead atoms. The van der Waals surface area contributed by atoms with E-state index in [-0.39, 0.29) is 0 Å². The lowest BCUT2D eigenvalue weighted by molar-refractivity contribution is 0.178. The van der Waals surface area contributed by atoms with Crippen molar-refractivity contribution in [1.82, 2.24) is 0 Å². The van der Waals surface area contributed by atoms with Crippen LogP contribution in [0.3, 0.4) is 0 Å². The number of hydrogen-bond donors (Lipinski definition) is 1. The van der Waals surface area contributed by atoms with Gasteiger partial charge in [0, 0.05) is 15.4 Å². The van der Waals surface area contributed by atoms with Crippen molar-refractivity contribution >= 4 is 55.1 Å². The van der Waals surface area contributed by atoms with Crippen molar-refractivity contribution in [1.29, 1.82) is 0 Å². The van der Waals surface area contributed by atoms with Crippen molar-refractivity contribution in [3.8, 4) is 0 Å². The van der Waals surface area contributed by atoms with E-state index in [9.17, 15) is 5.11 Å². The van der Waals surface area contributed by atoms with Crippen LogP contribution < -0.4 is 0 Å². The molecule has 100 valence electrons. The van der Waals surface area contributed by atoms with E-state index in [1.165, 1.54) is 0 Å². The molecule has 19 heavy (non-hydrogen) atoms. The van der Waals surface area contributed by atoms with E-state index in [4.69, 9.17) is 23.2 Å². The van der Waals surface area contributed by atoms with Crippen LogP contribution >= 0.6 is 55.1 Å². The van der Waals surface area contributed by atoms with E-state index < -0.39 is 6.10 Å². The van der Waals surface area contributed by atoms with Crippen molar-refractivity contribution < 1.29 is 5.11 Å². The van der Waals surface area contributed by atoms with Gasteiger partial charge in [-0.3, -0.25) is 0 Å².